The number of benzene rings is 1. The van der Waals surface area contributed by atoms with Gasteiger partial charge in [-0.1, -0.05) is 0 Å². The Kier molecular flexibility index (Phi) is 3.19. The minimum Gasteiger partial charge on any atom is -0.493 e. The van der Waals surface area contributed by atoms with Crippen molar-refractivity contribution in [1.29, 1.82) is 0 Å². The Morgan fingerprint density at radius 3 is 2.31 bits per heavy atom. The van der Waals surface area contributed by atoms with Crippen molar-refractivity contribution < 1.29 is 14.3 Å². The van der Waals surface area contributed by atoms with Gasteiger partial charge in [0.15, 0.2) is 17.3 Å². The number of hydrogen-bond acceptors (Lipinski definition) is 3. The molecule has 1 aromatic carbocycles. The molecule has 1 saturated carbocycles. The van der Waals surface area contributed by atoms with Gasteiger partial charge in [0.2, 0.25) is 0 Å². The first-order valence-electron chi connectivity index (χ1n) is 5.13. The Morgan fingerprint density at radius 2 is 1.81 bits per heavy atom. The Morgan fingerprint density at radius 1 is 1.25 bits per heavy atom. The smallest absolute Gasteiger partial charge is 0.167 e. The maximum atomic E-state index is 12.0. The number of carbonyl (C=O) groups excluding carboxylic acids is 1. The van der Waals surface area contributed by atoms with Crippen LogP contribution < -0.4 is 9.47 Å². The summed E-state index contributed by atoms with van der Waals surface area (Å²) in [6, 6.07) is 3.51. The van der Waals surface area contributed by atoms with Gasteiger partial charge in [0.05, 0.1) is 14.2 Å². The van der Waals surface area contributed by atoms with E-state index in [0.717, 1.165) is 17.3 Å². The van der Waals surface area contributed by atoms with E-state index in [-0.39, 0.29) is 11.7 Å². The van der Waals surface area contributed by atoms with Crippen LogP contribution in [0.1, 0.15) is 23.2 Å². The van der Waals surface area contributed by atoms with Crippen LogP contribution in [-0.2, 0) is 0 Å². The average Bonchev–Trinajstić information content (AvgIpc) is 3.11. The molecule has 0 unspecified atom stereocenters. The Balaban J connectivity index is 2.41. The summed E-state index contributed by atoms with van der Waals surface area (Å²) in [6.45, 7) is 0. The molecule has 16 heavy (non-hydrogen) atoms. The number of Topliss-reactive ketones (excluding diaryl/α,β-unsaturated/α-hetero) is 1. The number of halogens is 1. The molecule has 0 atom stereocenters. The van der Waals surface area contributed by atoms with E-state index in [2.05, 4.69) is 15.9 Å². The number of carbonyl (C=O) groups is 1. The van der Waals surface area contributed by atoms with Crippen LogP contribution in [-0.4, -0.2) is 20.0 Å². The number of ketones is 1. The van der Waals surface area contributed by atoms with Gasteiger partial charge in [0.1, 0.15) is 0 Å². The van der Waals surface area contributed by atoms with Crippen LogP contribution in [0, 0.1) is 5.92 Å². The third-order valence-electron chi connectivity index (χ3n) is 2.69. The van der Waals surface area contributed by atoms with Gasteiger partial charge in [0.25, 0.3) is 0 Å². The molecule has 0 radical (unpaired) electrons. The maximum Gasteiger partial charge on any atom is 0.167 e. The molecule has 0 saturated heterocycles. The molecule has 0 aliphatic heterocycles. The largest absolute Gasteiger partial charge is 0.493 e. The second-order valence-corrected chi connectivity index (χ2v) is 4.68. The fraction of sp³-hybridized carbons (Fsp3) is 0.417. The summed E-state index contributed by atoms with van der Waals surface area (Å²) >= 11 is 3.39. The zero-order valence-corrected chi connectivity index (χ0v) is 10.8. The molecule has 0 amide bonds. The molecule has 1 fully saturated rings. The van der Waals surface area contributed by atoms with E-state index in [1.807, 2.05) is 0 Å². The Labute approximate surface area is 103 Å². The van der Waals surface area contributed by atoms with Gasteiger partial charge in [0, 0.05) is 16.0 Å². The van der Waals surface area contributed by atoms with Crippen molar-refractivity contribution in [1.82, 2.24) is 0 Å². The van der Waals surface area contributed by atoms with Crippen LogP contribution in [0.25, 0.3) is 0 Å². The van der Waals surface area contributed by atoms with Crippen LogP contribution in [0.4, 0.5) is 0 Å². The number of hydrogen-bond donors (Lipinski definition) is 0. The molecule has 1 aliphatic carbocycles. The molecular weight excluding hydrogens is 272 g/mol. The van der Waals surface area contributed by atoms with Crippen molar-refractivity contribution in [3.8, 4) is 11.5 Å². The van der Waals surface area contributed by atoms with Crippen molar-refractivity contribution in [3.63, 3.8) is 0 Å². The van der Waals surface area contributed by atoms with Crippen LogP contribution >= 0.6 is 15.9 Å². The third-order valence-corrected chi connectivity index (χ3v) is 3.34. The van der Waals surface area contributed by atoms with Gasteiger partial charge in [-0.25, -0.2) is 0 Å². The summed E-state index contributed by atoms with van der Waals surface area (Å²) in [5.41, 5.74) is 0.681. The molecule has 1 aliphatic rings. The lowest BCUT2D eigenvalue weighted by molar-refractivity contribution is 0.0966. The van der Waals surface area contributed by atoms with Crippen LogP contribution in [0.3, 0.4) is 0 Å². The Hall–Kier alpha value is -1.03. The summed E-state index contributed by atoms with van der Waals surface area (Å²) in [6.07, 6.45) is 2.00. The number of ether oxygens (including phenoxy) is 2. The molecule has 4 heteroatoms. The zero-order valence-electron chi connectivity index (χ0n) is 9.25. The van der Waals surface area contributed by atoms with Crippen molar-refractivity contribution in [2.45, 2.75) is 12.8 Å². The van der Waals surface area contributed by atoms with Crippen molar-refractivity contribution in [3.05, 3.63) is 22.2 Å². The predicted molar refractivity (Wildman–Crippen MR) is 64.3 cm³/mol. The molecule has 0 N–H and O–H groups in total. The second kappa shape index (κ2) is 4.45. The molecule has 0 heterocycles. The first-order chi connectivity index (χ1) is 7.67. The van der Waals surface area contributed by atoms with Gasteiger partial charge < -0.3 is 9.47 Å². The molecule has 86 valence electrons. The summed E-state index contributed by atoms with van der Waals surface area (Å²) < 4.78 is 11.1. The highest BCUT2D eigenvalue weighted by Crippen LogP contribution is 2.38. The molecule has 2 rings (SSSR count). The molecule has 0 aromatic heterocycles. The summed E-state index contributed by atoms with van der Waals surface area (Å²) in [5, 5.41) is 0. The first kappa shape index (κ1) is 11.5. The lowest BCUT2D eigenvalue weighted by Gasteiger charge is -2.10. The van der Waals surface area contributed by atoms with E-state index in [1.165, 1.54) is 0 Å². The van der Waals surface area contributed by atoms with Crippen LogP contribution in [0.15, 0.2) is 16.6 Å². The van der Waals surface area contributed by atoms with Crippen molar-refractivity contribution >= 4 is 21.7 Å². The lowest BCUT2D eigenvalue weighted by Crippen LogP contribution is -2.03. The van der Waals surface area contributed by atoms with Crippen LogP contribution in [0.2, 0.25) is 0 Å². The standard InChI is InChI=1S/C12H13BrO3/c1-15-10-5-8(12(14)7-3-4-7)9(13)6-11(10)16-2/h5-7H,3-4H2,1-2H3. The summed E-state index contributed by atoms with van der Waals surface area (Å²) in [7, 11) is 3.14. The first-order valence-corrected chi connectivity index (χ1v) is 5.92. The van der Waals surface area contributed by atoms with E-state index in [1.54, 1.807) is 26.4 Å². The van der Waals surface area contributed by atoms with Gasteiger partial charge >= 0.3 is 0 Å². The van der Waals surface area contributed by atoms with Crippen molar-refractivity contribution in [2.24, 2.45) is 5.92 Å². The minimum absolute atomic E-state index is 0.188. The monoisotopic (exact) mass is 284 g/mol. The minimum atomic E-state index is 0.188. The van der Waals surface area contributed by atoms with E-state index in [0.29, 0.717) is 17.1 Å². The Bertz CT molecular complexity index is 425. The fourth-order valence-corrected chi connectivity index (χ4v) is 2.13. The average molecular weight is 285 g/mol. The van der Waals surface area contributed by atoms with Gasteiger partial charge in [-0.15, -0.1) is 0 Å². The van der Waals surface area contributed by atoms with Gasteiger partial charge in [-0.05, 0) is 40.9 Å². The van der Waals surface area contributed by atoms with Gasteiger partial charge in [-0.3, -0.25) is 4.79 Å². The molecule has 0 bridgehead atoms. The van der Waals surface area contributed by atoms with Crippen molar-refractivity contribution in [2.75, 3.05) is 14.2 Å². The topological polar surface area (TPSA) is 35.5 Å². The molecule has 3 nitrogen and oxygen atoms in total. The normalized spacial score (nSPS) is 14.7. The van der Waals surface area contributed by atoms with E-state index in [4.69, 9.17) is 9.47 Å². The SMILES string of the molecule is COc1cc(Br)c(C(=O)C2CC2)cc1OC. The maximum absolute atomic E-state index is 12.0. The van der Waals surface area contributed by atoms with E-state index in [9.17, 15) is 4.79 Å². The highest BCUT2D eigenvalue weighted by atomic mass is 79.9. The van der Waals surface area contributed by atoms with Crippen LogP contribution in [0.5, 0.6) is 11.5 Å². The predicted octanol–water partition coefficient (Wildman–Crippen LogP) is 3.06. The second-order valence-electron chi connectivity index (χ2n) is 3.83. The quantitative estimate of drug-likeness (QED) is 0.798. The highest BCUT2D eigenvalue weighted by molar-refractivity contribution is 9.10. The van der Waals surface area contributed by atoms with E-state index < -0.39 is 0 Å². The number of rotatable bonds is 4. The van der Waals surface area contributed by atoms with Gasteiger partial charge in [-0.2, -0.15) is 0 Å². The third kappa shape index (κ3) is 2.07. The summed E-state index contributed by atoms with van der Waals surface area (Å²) in [4.78, 5) is 12.0. The molecule has 0 spiro atoms. The molecular formula is C12H13BrO3. The highest BCUT2D eigenvalue weighted by Gasteiger charge is 2.32. The molecule has 1 aromatic rings. The number of methoxy groups -OCH3 is 2. The zero-order chi connectivity index (χ0) is 11.7. The summed E-state index contributed by atoms with van der Waals surface area (Å²) in [5.74, 6) is 1.61. The fourth-order valence-electron chi connectivity index (χ4n) is 1.61. The van der Waals surface area contributed by atoms with E-state index >= 15 is 0 Å². The lowest BCUT2D eigenvalue weighted by atomic mass is 10.1.